The number of aromatic nitrogens is 1. The lowest BCUT2D eigenvalue weighted by molar-refractivity contribution is 0.0540. The lowest BCUT2D eigenvalue weighted by atomic mass is 9.92. The van der Waals surface area contributed by atoms with Crippen LogP contribution in [0.25, 0.3) is 12.3 Å². The second-order valence-corrected chi connectivity index (χ2v) is 6.43. The van der Waals surface area contributed by atoms with Crippen molar-refractivity contribution >= 4 is 18.1 Å². The number of Topliss-reactive ketones (excluding diaryl/α,β-unsaturated/α-hetero) is 1. The van der Waals surface area contributed by atoms with Gasteiger partial charge in [0.1, 0.15) is 0 Å². The number of ketones is 1. The predicted octanol–water partition coefficient (Wildman–Crippen LogP) is 5.02. The third-order valence-corrected chi connectivity index (χ3v) is 4.87. The number of hydrogen-bond donors (Lipinski definition) is 0. The zero-order chi connectivity index (χ0) is 17.0. The first kappa shape index (κ1) is 17.7. The van der Waals surface area contributed by atoms with Gasteiger partial charge in [0.25, 0.3) is 0 Å². The van der Waals surface area contributed by atoms with Crippen molar-refractivity contribution in [3.8, 4) is 0 Å². The average Bonchev–Trinajstić information content (AvgIpc) is 2.80. The maximum atomic E-state index is 13.1. The highest BCUT2D eigenvalue weighted by molar-refractivity contribution is 5.99. The van der Waals surface area contributed by atoms with Crippen LogP contribution in [-0.4, -0.2) is 23.6 Å². The molecular weight excluding hydrogens is 286 g/mol. The molecule has 2 rings (SSSR count). The van der Waals surface area contributed by atoms with Gasteiger partial charge in [0.05, 0.1) is 5.69 Å². The van der Waals surface area contributed by atoms with Crippen LogP contribution in [0.3, 0.4) is 0 Å². The molecule has 126 valence electrons. The van der Waals surface area contributed by atoms with E-state index in [1.165, 1.54) is 11.1 Å². The van der Waals surface area contributed by atoms with Crippen LogP contribution in [0.2, 0.25) is 0 Å². The van der Waals surface area contributed by atoms with Crippen LogP contribution in [0.1, 0.15) is 67.3 Å². The molecule has 1 fully saturated rings. The van der Waals surface area contributed by atoms with E-state index in [9.17, 15) is 4.79 Å². The summed E-state index contributed by atoms with van der Waals surface area (Å²) in [5.41, 5.74) is 5.61. The average molecular weight is 315 g/mol. The monoisotopic (exact) mass is 315 g/mol. The third-order valence-electron chi connectivity index (χ3n) is 4.87. The highest BCUT2D eigenvalue weighted by atomic mass is 16.5. The van der Waals surface area contributed by atoms with Crippen molar-refractivity contribution in [3.63, 3.8) is 0 Å². The molecule has 3 heteroatoms. The van der Waals surface area contributed by atoms with Crippen molar-refractivity contribution in [3.05, 3.63) is 34.2 Å². The minimum Gasteiger partial charge on any atom is -0.381 e. The van der Waals surface area contributed by atoms with Crippen LogP contribution < -0.4 is 0 Å². The molecule has 0 N–H and O–H groups in total. The Balaban J connectivity index is 2.54. The Morgan fingerprint density at radius 1 is 1.26 bits per heavy atom. The van der Waals surface area contributed by atoms with Gasteiger partial charge in [-0.25, -0.2) is 0 Å². The Morgan fingerprint density at radius 2 is 1.91 bits per heavy atom. The number of nitrogens with zero attached hydrogens (tertiary/aromatic N) is 1. The molecule has 0 amide bonds. The summed E-state index contributed by atoms with van der Waals surface area (Å²) in [5, 5.41) is 0. The molecule has 0 saturated carbocycles. The molecule has 0 unspecified atom stereocenters. The molecule has 3 nitrogen and oxygen atoms in total. The van der Waals surface area contributed by atoms with Crippen LogP contribution in [-0.2, 0) is 4.74 Å². The fourth-order valence-electron chi connectivity index (χ4n) is 3.13. The van der Waals surface area contributed by atoms with Gasteiger partial charge in [-0.15, -0.1) is 0 Å². The maximum absolute atomic E-state index is 13.1. The topological polar surface area (TPSA) is 31.2 Å². The Kier molecular flexibility index (Phi) is 6.00. The van der Waals surface area contributed by atoms with Crippen molar-refractivity contribution in [2.75, 3.05) is 13.2 Å². The minimum absolute atomic E-state index is 0.0878. The molecule has 0 radical (unpaired) electrons. The quantitative estimate of drug-likeness (QED) is 0.715. The molecule has 0 aliphatic carbocycles. The summed E-state index contributed by atoms with van der Waals surface area (Å²) in [6, 6.07) is 0. The van der Waals surface area contributed by atoms with E-state index >= 15 is 0 Å². The van der Waals surface area contributed by atoms with Crippen LogP contribution in [0.5, 0.6) is 0 Å². The summed E-state index contributed by atoms with van der Waals surface area (Å²) in [4.78, 5) is 13.1. The summed E-state index contributed by atoms with van der Waals surface area (Å²) in [6.45, 7) is 11.9. The van der Waals surface area contributed by atoms with Crippen molar-refractivity contribution in [2.24, 2.45) is 5.92 Å². The second kappa shape index (κ2) is 7.78. The van der Waals surface area contributed by atoms with Gasteiger partial charge in [-0.05, 0) is 64.2 Å². The van der Waals surface area contributed by atoms with E-state index in [4.69, 9.17) is 4.74 Å². The standard InChI is InChI=1S/C20H29NO2/c1-6-10-21-18(13-14(3)7-2)15(4)16(5)19(21)20(22)17-8-11-23-12-9-17/h6,10,13,17H,7-9,11-12H2,1-5H3/b10-6-,14-13+. The van der Waals surface area contributed by atoms with Gasteiger partial charge in [-0.3, -0.25) is 4.79 Å². The highest BCUT2D eigenvalue weighted by Crippen LogP contribution is 2.29. The molecule has 0 spiro atoms. The third kappa shape index (κ3) is 3.66. The lowest BCUT2D eigenvalue weighted by Gasteiger charge is -2.21. The van der Waals surface area contributed by atoms with E-state index in [1.54, 1.807) is 0 Å². The number of allylic oxidation sites excluding steroid dienone is 2. The zero-order valence-electron chi connectivity index (χ0n) is 15.1. The van der Waals surface area contributed by atoms with Gasteiger partial charge in [-0.2, -0.15) is 0 Å². The zero-order valence-corrected chi connectivity index (χ0v) is 15.1. The van der Waals surface area contributed by atoms with E-state index in [2.05, 4.69) is 38.3 Å². The first-order valence-corrected chi connectivity index (χ1v) is 8.64. The molecule has 0 bridgehead atoms. The molecule has 0 atom stereocenters. The number of carbonyl (C=O) groups is 1. The molecule has 1 aliphatic heterocycles. The highest BCUT2D eigenvalue weighted by Gasteiger charge is 2.28. The number of ether oxygens (including phenoxy) is 1. The van der Waals surface area contributed by atoms with Crippen LogP contribution in [0, 0.1) is 19.8 Å². The summed E-state index contributed by atoms with van der Waals surface area (Å²) in [5.74, 6) is 0.352. The van der Waals surface area contributed by atoms with Crippen molar-refractivity contribution in [1.29, 1.82) is 0 Å². The van der Waals surface area contributed by atoms with E-state index in [0.717, 1.165) is 36.2 Å². The SMILES string of the molecule is C/C=C\n1c(/C=C(\C)CC)c(C)c(C)c1C(=O)C1CCOCC1. The molecule has 1 aromatic heterocycles. The summed E-state index contributed by atoms with van der Waals surface area (Å²) < 4.78 is 7.49. The maximum Gasteiger partial charge on any atom is 0.183 e. The Labute approximate surface area is 140 Å². The molecular formula is C20H29NO2. The normalized spacial score (nSPS) is 17.2. The van der Waals surface area contributed by atoms with Crippen molar-refractivity contribution in [1.82, 2.24) is 4.57 Å². The summed E-state index contributed by atoms with van der Waals surface area (Å²) in [6.07, 6.45) is 8.90. The molecule has 1 aliphatic rings. The van der Waals surface area contributed by atoms with Crippen LogP contribution >= 0.6 is 0 Å². The van der Waals surface area contributed by atoms with Crippen molar-refractivity contribution < 1.29 is 9.53 Å². The number of rotatable bonds is 5. The smallest absolute Gasteiger partial charge is 0.183 e. The predicted molar refractivity (Wildman–Crippen MR) is 96.7 cm³/mol. The summed E-state index contributed by atoms with van der Waals surface area (Å²) in [7, 11) is 0. The first-order chi connectivity index (χ1) is 11.0. The molecule has 1 saturated heterocycles. The molecule has 1 aromatic rings. The lowest BCUT2D eigenvalue weighted by Crippen LogP contribution is -2.25. The van der Waals surface area contributed by atoms with E-state index in [1.807, 2.05) is 19.2 Å². The minimum atomic E-state index is 0.0878. The van der Waals surface area contributed by atoms with Gasteiger partial charge < -0.3 is 9.30 Å². The van der Waals surface area contributed by atoms with E-state index in [0.29, 0.717) is 13.2 Å². The Morgan fingerprint density at radius 3 is 2.48 bits per heavy atom. The van der Waals surface area contributed by atoms with Gasteiger partial charge in [0.15, 0.2) is 5.78 Å². The summed E-state index contributed by atoms with van der Waals surface area (Å²) >= 11 is 0. The Hall–Kier alpha value is -1.61. The molecule has 0 aromatic carbocycles. The second-order valence-electron chi connectivity index (χ2n) is 6.43. The van der Waals surface area contributed by atoms with Crippen LogP contribution in [0.4, 0.5) is 0 Å². The molecule has 23 heavy (non-hydrogen) atoms. The van der Waals surface area contributed by atoms with E-state index < -0.39 is 0 Å². The van der Waals surface area contributed by atoms with Gasteiger partial charge in [-0.1, -0.05) is 18.6 Å². The number of hydrogen-bond acceptors (Lipinski definition) is 2. The van der Waals surface area contributed by atoms with Crippen molar-refractivity contribution in [2.45, 2.75) is 53.9 Å². The molecule has 2 heterocycles. The van der Waals surface area contributed by atoms with Gasteiger partial charge in [0.2, 0.25) is 0 Å². The van der Waals surface area contributed by atoms with Gasteiger partial charge in [0, 0.05) is 31.0 Å². The Bertz CT molecular complexity index is 629. The first-order valence-electron chi connectivity index (χ1n) is 8.64. The largest absolute Gasteiger partial charge is 0.381 e. The number of carbonyl (C=O) groups excluding carboxylic acids is 1. The van der Waals surface area contributed by atoms with Crippen LogP contribution in [0.15, 0.2) is 11.6 Å². The van der Waals surface area contributed by atoms with E-state index in [-0.39, 0.29) is 11.7 Å². The fraction of sp³-hybridized carbons (Fsp3) is 0.550. The fourth-order valence-corrected chi connectivity index (χ4v) is 3.13. The van der Waals surface area contributed by atoms with Gasteiger partial charge >= 0.3 is 0 Å².